The van der Waals surface area contributed by atoms with E-state index in [1.165, 1.54) is 24.2 Å². The summed E-state index contributed by atoms with van der Waals surface area (Å²) in [5, 5.41) is 3.55. The highest BCUT2D eigenvalue weighted by atomic mass is 16.5. The van der Waals surface area contributed by atoms with Crippen molar-refractivity contribution in [1.29, 1.82) is 0 Å². The summed E-state index contributed by atoms with van der Waals surface area (Å²) >= 11 is 0. The minimum Gasteiger partial charge on any atom is -0.385 e. The number of hydrogen-bond acceptors (Lipinski definition) is 3. The maximum atomic E-state index is 5.35. The van der Waals surface area contributed by atoms with Gasteiger partial charge in [-0.05, 0) is 31.0 Å². The summed E-state index contributed by atoms with van der Waals surface area (Å²) in [5.41, 5.74) is 2.70. The Balaban J connectivity index is 1.68. The molecule has 3 nitrogen and oxygen atoms in total. The minimum atomic E-state index is 0.895. The number of morpholine rings is 1. The largest absolute Gasteiger partial charge is 0.385 e. The first-order valence-electron chi connectivity index (χ1n) is 7.02. The van der Waals surface area contributed by atoms with Gasteiger partial charge in [0.05, 0.1) is 13.2 Å². The summed E-state index contributed by atoms with van der Waals surface area (Å²) < 4.78 is 5.35. The molecular formula is C15H24N2O. The predicted octanol–water partition coefficient (Wildman–Crippen LogP) is 2.38. The molecule has 2 rings (SSSR count). The van der Waals surface area contributed by atoms with E-state index in [-0.39, 0.29) is 0 Å². The van der Waals surface area contributed by atoms with Crippen LogP contribution in [0.25, 0.3) is 0 Å². The summed E-state index contributed by atoms with van der Waals surface area (Å²) in [7, 11) is 0. The third kappa shape index (κ3) is 4.00. The van der Waals surface area contributed by atoms with Crippen LogP contribution in [0, 0.1) is 0 Å². The topological polar surface area (TPSA) is 24.5 Å². The van der Waals surface area contributed by atoms with Crippen molar-refractivity contribution in [2.45, 2.75) is 19.8 Å². The van der Waals surface area contributed by atoms with Crippen LogP contribution in [0.15, 0.2) is 24.3 Å². The van der Waals surface area contributed by atoms with Gasteiger partial charge in [0.15, 0.2) is 0 Å². The third-order valence-corrected chi connectivity index (χ3v) is 3.47. The molecule has 1 aromatic rings. The lowest BCUT2D eigenvalue weighted by Crippen LogP contribution is -2.37. The van der Waals surface area contributed by atoms with Gasteiger partial charge in [-0.25, -0.2) is 0 Å². The van der Waals surface area contributed by atoms with Crippen molar-refractivity contribution in [3.05, 3.63) is 29.8 Å². The van der Waals surface area contributed by atoms with E-state index >= 15 is 0 Å². The van der Waals surface area contributed by atoms with E-state index < -0.39 is 0 Å². The van der Waals surface area contributed by atoms with Crippen LogP contribution in [0.2, 0.25) is 0 Å². The fourth-order valence-corrected chi connectivity index (χ4v) is 2.35. The maximum absolute atomic E-state index is 5.35. The Bertz CT molecular complexity index is 348. The van der Waals surface area contributed by atoms with E-state index in [1.807, 2.05) is 0 Å². The van der Waals surface area contributed by atoms with Gasteiger partial charge in [-0.3, -0.25) is 4.90 Å². The summed E-state index contributed by atoms with van der Waals surface area (Å²) in [4.78, 5) is 2.48. The van der Waals surface area contributed by atoms with Crippen LogP contribution in [0.5, 0.6) is 0 Å². The number of hydrogen-bond donors (Lipinski definition) is 1. The molecule has 0 unspecified atom stereocenters. The van der Waals surface area contributed by atoms with E-state index in [2.05, 4.69) is 41.4 Å². The molecule has 0 spiro atoms. The zero-order chi connectivity index (χ0) is 12.6. The number of ether oxygens (including phenoxy) is 1. The number of nitrogens with zero attached hydrogens (tertiary/aromatic N) is 1. The molecule has 3 heteroatoms. The van der Waals surface area contributed by atoms with E-state index in [0.717, 1.165) is 39.3 Å². The monoisotopic (exact) mass is 248 g/mol. The molecule has 0 atom stereocenters. The van der Waals surface area contributed by atoms with Gasteiger partial charge in [-0.15, -0.1) is 0 Å². The number of rotatable bonds is 6. The smallest absolute Gasteiger partial charge is 0.0594 e. The van der Waals surface area contributed by atoms with Gasteiger partial charge in [-0.2, -0.15) is 0 Å². The Morgan fingerprint density at radius 3 is 2.78 bits per heavy atom. The van der Waals surface area contributed by atoms with Crippen LogP contribution >= 0.6 is 0 Å². The van der Waals surface area contributed by atoms with Gasteiger partial charge < -0.3 is 10.1 Å². The van der Waals surface area contributed by atoms with Gasteiger partial charge >= 0.3 is 0 Å². The molecule has 0 aromatic heterocycles. The Labute approximate surface area is 110 Å². The molecule has 0 aliphatic carbocycles. The quantitative estimate of drug-likeness (QED) is 0.782. The van der Waals surface area contributed by atoms with Crippen molar-refractivity contribution in [3.8, 4) is 0 Å². The molecule has 1 N–H and O–H groups in total. The molecule has 0 amide bonds. The lowest BCUT2D eigenvalue weighted by atomic mass is 10.1. The summed E-state index contributed by atoms with van der Waals surface area (Å²) in [5.74, 6) is 0. The second-order valence-electron chi connectivity index (χ2n) is 4.75. The summed E-state index contributed by atoms with van der Waals surface area (Å²) in [6, 6.07) is 8.58. The minimum absolute atomic E-state index is 0.895. The van der Waals surface area contributed by atoms with Crippen molar-refractivity contribution < 1.29 is 4.74 Å². The highest BCUT2D eigenvalue weighted by Gasteiger charge is 2.09. The molecule has 1 heterocycles. The molecule has 0 bridgehead atoms. The molecule has 1 fully saturated rings. The first kappa shape index (κ1) is 13.4. The average molecular weight is 248 g/mol. The number of nitrogens with one attached hydrogen (secondary N) is 1. The van der Waals surface area contributed by atoms with Gasteiger partial charge in [0.1, 0.15) is 0 Å². The third-order valence-electron chi connectivity index (χ3n) is 3.47. The lowest BCUT2D eigenvalue weighted by Gasteiger charge is -2.26. The second-order valence-corrected chi connectivity index (χ2v) is 4.75. The number of benzene rings is 1. The molecule has 18 heavy (non-hydrogen) atoms. The lowest BCUT2D eigenvalue weighted by molar-refractivity contribution is 0.0378. The van der Waals surface area contributed by atoms with Crippen LogP contribution in [-0.2, 0) is 11.2 Å². The van der Waals surface area contributed by atoms with Crippen molar-refractivity contribution in [2.24, 2.45) is 0 Å². The summed E-state index contributed by atoms with van der Waals surface area (Å²) in [6.45, 7) is 8.39. The predicted molar refractivity (Wildman–Crippen MR) is 76.2 cm³/mol. The van der Waals surface area contributed by atoms with Gasteiger partial charge in [0.2, 0.25) is 0 Å². The molecule has 0 saturated carbocycles. The van der Waals surface area contributed by atoms with Crippen LogP contribution in [0.4, 0.5) is 5.69 Å². The summed E-state index contributed by atoms with van der Waals surface area (Å²) in [6.07, 6.45) is 2.28. The first-order valence-corrected chi connectivity index (χ1v) is 7.02. The average Bonchev–Trinajstić information content (AvgIpc) is 2.45. The molecule has 0 radical (unpaired) electrons. The Hall–Kier alpha value is -1.06. The van der Waals surface area contributed by atoms with Crippen molar-refractivity contribution in [3.63, 3.8) is 0 Å². The van der Waals surface area contributed by atoms with Crippen molar-refractivity contribution >= 4 is 5.69 Å². The van der Waals surface area contributed by atoms with Crippen LogP contribution in [0.3, 0.4) is 0 Å². The van der Waals surface area contributed by atoms with E-state index in [1.54, 1.807) is 0 Å². The van der Waals surface area contributed by atoms with Crippen molar-refractivity contribution in [2.75, 3.05) is 44.7 Å². The van der Waals surface area contributed by atoms with Gasteiger partial charge in [-0.1, -0.05) is 25.1 Å². The molecular weight excluding hydrogens is 224 g/mol. The number of aryl methyl sites for hydroxylation is 1. The molecule has 100 valence electrons. The molecule has 1 saturated heterocycles. The molecule has 1 aromatic carbocycles. The van der Waals surface area contributed by atoms with Gasteiger partial charge in [0.25, 0.3) is 0 Å². The highest BCUT2D eigenvalue weighted by molar-refractivity contribution is 5.50. The zero-order valence-electron chi connectivity index (χ0n) is 11.3. The normalized spacial score (nSPS) is 16.7. The Morgan fingerprint density at radius 2 is 2.00 bits per heavy atom. The van der Waals surface area contributed by atoms with Crippen LogP contribution < -0.4 is 5.32 Å². The number of para-hydroxylation sites is 1. The molecule has 1 aliphatic heterocycles. The van der Waals surface area contributed by atoms with Crippen LogP contribution in [-0.4, -0.2) is 44.3 Å². The first-order chi connectivity index (χ1) is 8.90. The second kappa shape index (κ2) is 7.39. The van der Waals surface area contributed by atoms with E-state index in [9.17, 15) is 0 Å². The zero-order valence-corrected chi connectivity index (χ0v) is 11.3. The maximum Gasteiger partial charge on any atom is 0.0594 e. The highest BCUT2D eigenvalue weighted by Crippen LogP contribution is 2.15. The molecule has 1 aliphatic rings. The fourth-order valence-electron chi connectivity index (χ4n) is 2.35. The number of anilines is 1. The van der Waals surface area contributed by atoms with Crippen molar-refractivity contribution in [1.82, 2.24) is 4.90 Å². The van der Waals surface area contributed by atoms with Gasteiger partial charge in [0, 0.05) is 25.3 Å². The standard InChI is InChI=1S/C15H24N2O/c1-2-14-6-3-4-7-15(14)16-8-5-9-17-10-12-18-13-11-17/h3-4,6-7,16H,2,5,8-13H2,1H3. The van der Waals surface area contributed by atoms with Crippen LogP contribution in [0.1, 0.15) is 18.9 Å². The van der Waals surface area contributed by atoms with E-state index in [0.29, 0.717) is 0 Å². The Morgan fingerprint density at radius 1 is 1.22 bits per heavy atom. The van der Waals surface area contributed by atoms with E-state index in [4.69, 9.17) is 4.74 Å². The SMILES string of the molecule is CCc1ccccc1NCCCN1CCOCC1. The fraction of sp³-hybridized carbons (Fsp3) is 0.600. The Kier molecular flexibility index (Phi) is 5.49.